The van der Waals surface area contributed by atoms with Gasteiger partial charge in [0.2, 0.25) is 0 Å². The molecular formula is C7H6N2. The van der Waals surface area contributed by atoms with Gasteiger partial charge in [-0.2, -0.15) is 0 Å². The fraction of sp³-hybridized carbons (Fsp3) is 0. The van der Waals surface area contributed by atoms with Crippen LogP contribution in [0.3, 0.4) is 0 Å². The molecule has 9 heavy (non-hydrogen) atoms. The zero-order chi connectivity index (χ0) is 6.10. The number of nitrogens with zero attached hydrogens (tertiary/aromatic N) is 1. The van der Waals surface area contributed by atoms with Crippen molar-refractivity contribution in [2.24, 2.45) is 0 Å². The minimum atomic E-state index is 1.03. The molecule has 1 N–H and O–H groups in total. The molecule has 0 fully saturated rings. The number of hydrogen-bond acceptors (Lipinski definition) is 1. The zero-order valence-electron chi connectivity index (χ0n) is 4.83. The topological polar surface area (TPSA) is 28.7 Å². The third-order valence-corrected chi connectivity index (χ3v) is 1.33. The smallest absolute Gasteiger partial charge is 0.0931 e. The number of imidazole rings is 1. The van der Waals surface area contributed by atoms with Crippen molar-refractivity contribution in [2.75, 3.05) is 0 Å². The monoisotopic (exact) mass is 117 g/mol. The first kappa shape index (κ1) is 4.56. The molecule has 0 bridgehead atoms. The Morgan fingerprint density at radius 3 is 3.00 bits per heavy atom. The second-order valence-corrected chi connectivity index (χ2v) is 1.92. The lowest BCUT2D eigenvalue weighted by Crippen LogP contribution is -1.63. The Morgan fingerprint density at radius 2 is 2.11 bits per heavy atom. The van der Waals surface area contributed by atoms with Crippen LogP contribution in [0.2, 0.25) is 0 Å². The summed E-state index contributed by atoms with van der Waals surface area (Å²) in [5.41, 5.74) is 2.12. The lowest BCUT2D eigenvalue weighted by Gasteiger charge is -1.81. The van der Waals surface area contributed by atoms with Crippen LogP contribution in [0.15, 0.2) is 30.6 Å². The second kappa shape index (κ2) is 1.58. The Morgan fingerprint density at radius 1 is 1.22 bits per heavy atom. The first-order chi connectivity index (χ1) is 4.47. The third kappa shape index (κ3) is 0.598. The highest BCUT2D eigenvalue weighted by Gasteiger charge is 1.88. The molecule has 2 rings (SSSR count). The van der Waals surface area contributed by atoms with Gasteiger partial charge >= 0.3 is 0 Å². The summed E-state index contributed by atoms with van der Waals surface area (Å²) in [6, 6.07) is 7.94. The molecule has 0 unspecified atom stereocenters. The maximum atomic E-state index is 4.06. The quantitative estimate of drug-likeness (QED) is 0.557. The Kier molecular flexibility index (Phi) is 0.803. The van der Waals surface area contributed by atoms with E-state index in [4.69, 9.17) is 0 Å². The predicted octanol–water partition coefficient (Wildman–Crippen LogP) is 1.56. The molecule has 0 radical (unpaired) electrons. The summed E-state index contributed by atoms with van der Waals surface area (Å²) < 4.78 is 0. The van der Waals surface area contributed by atoms with E-state index in [1.807, 2.05) is 24.3 Å². The van der Waals surface area contributed by atoms with Crippen molar-refractivity contribution < 1.29 is 0 Å². The van der Waals surface area contributed by atoms with E-state index in [0.717, 1.165) is 11.0 Å². The van der Waals surface area contributed by atoms with Gasteiger partial charge in [0, 0.05) is 0 Å². The molecule has 1 heterocycles. The first-order valence-corrected chi connectivity index (χ1v) is 2.85. The van der Waals surface area contributed by atoms with Gasteiger partial charge in [0.15, 0.2) is 0 Å². The van der Waals surface area contributed by atoms with Crippen LogP contribution in [0.4, 0.5) is 0 Å². The van der Waals surface area contributed by atoms with E-state index in [-0.39, 0.29) is 0 Å². The fourth-order valence-corrected chi connectivity index (χ4v) is 0.880. The molecule has 1 aromatic carbocycles. The van der Waals surface area contributed by atoms with E-state index in [1.165, 1.54) is 0 Å². The molecule has 0 saturated heterocycles. The van der Waals surface area contributed by atoms with E-state index in [9.17, 15) is 0 Å². The number of fused-ring (bicyclic) bond motifs is 1. The molecule has 0 aliphatic heterocycles. The Bertz CT molecular complexity index is 281. The number of hydrogen-bond donors (Lipinski definition) is 1. The number of aromatic amines is 1. The molecular weight excluding hydrogens is 111 g/mol. The van der Waals surface area contributed by atoms with Crippen LogP contribution in [0.1, 0.15) is 0 Å². The normalized spacial score (nSPS) is 10.2. The van der Waals surface area contributed by atoms with Crippen LogP contribution >= 0.6 is 0 Å². The maximum absolute atomic E-state index is 4.06. The summed E-state index contributed by atoms with van der Waals surface area (Å²) in [7, 11) is 0. The van der Waals surface area contributed by atoms with Crippen molar-refractivity contribution in [1.29, 1.82) is 0 Å². The summed E-state index contributed by atoms with van der Waals surface area (Å²) in [6.07, 6.45) is 1.70. The van der Waals surface area contributed by atoms with Crippen molar-refractivity contribution in [3.8, 4) is 0 Å². The largest absolute Gasteiger partial charge is 0.345 e. The summed E-state index contributed by atoms with van der Waals surface area (Å²) in [5.74, 6) is 0. The third-order valence-electron chi connectivity index (χ3n) is 1.33. The Balaban J connectivity index is 2.95. The maximum Gasteiger partial charge on any atom is 0.0931 e. The number of H-pyrrole nitrogens is 1. The van der Waals surface area contributed by atoms with Crippen LogP contribution in [0.5, 0.6) is 0 Å². The van der Waals surface area contributed by atoms with Crippen molar-refractivity contribution in [2.45, 2.75) is 0 Å². The molecule has 1 aromatic heterocycles. The van der Waals surface area contributed by atoms with Gasteiger partial charge in [-0.15, -0.1) is 0 Å². The van der Waals surface area contributed by atoms with Gasteiger partial charge in [0.05, 0.1) is 17.4 Å². The summed E-state index contributed by atoms with van der Waals surface area (Å²) in [4.78, 5) is 7.07. The molecule has 0 aliphatic carbocycles. The van der Waals surface area contributed by atoms with E-state index in [2.05, 4.69) is 9.97 Å². The van der Waals surface area contributed by atoms with Crippen molar-refractivity contribution in [3.05, 3.63) is 30.6 Å². The average Bonchev–Trinajstić information content (AvgIpc) is 2.33. The highest BCUT2D eigenvalue weighted by Crippen LogP contribution is 2.05. The number of rotatable bonds is 0. The van der Waals surface area contributed by atoms with E-state index in [0.29, 0.717) is 0 Å². The molecule has 44 valence electrons. The second-order valence-electron chi connectivity index (χ2n) is 1.92. The van der Waals surface area contributed by atoms with E-state index < -0.39 is 0 Å². The summed E-state index contributed by atoms with van der Waals surface area (Å²) >= 11 is 0. The number of aromatic nitrogens is 2. The van der Waals surface area contributed by atoms with E-state index >= 15 is 0 Å². The molecule has 2 heteroatoms. The first-order valence-electron chi connectivity index (χ1n) is 2.85. The minimum Gasteiger partial charge on any atom is -0.345 e. The van der Waals surface area contributed by atoms with Crippen molar-refractivity contribution in [1.82, 2.24) is 9.97 Å². The Labute approximate surface area is 52.5 Å². The van der Waals surface area contributed by atoms with Gasteiger partial charge in [-0.1, -0.05) is 12.1 Å². The molecule has 0 saturated carbocycles. The lowest BCUT2D eigenvalue weighted by molar-refractivity contribution is 1.34. The molecule has 0 spiro atoms. The van der Waals surface area contributed by atoms with Crippen molar-refractivity contribution in [3.63, 3.8) is 0 Å². The summed E-state index contributed by atoms with van der Waals surface area (Å²) in [6.45, 7) is 0. The predicted molar refractivity (Wildman–Crippen MR) is 36.1 cm³/mol. The van der Waals surface area contributed by atoms with Crippen LogP contribution in [-0.2, 0) is 0 Å². The number of nitrogens with one attached hydrogen (secondary N) is 1. The molecule has 0 aliphatic rings. The highest BCUT2D eigenvalue weighted by molar-refractivity contribution is 5.73. The number of benzene rings is 1. The van der Waals surface area contributed by atoms with Gasteiger partial charge in [0.1, 0.15) is 0 Å². The molecule has 0 amide bonds. The fourth-order valence-electron chi connectivity index (χ4n) is 0.880. The minimum absolute atomic E-state index is 1.03. The van der Waals surface area contributed by atoms with Crippen LogP contribution in [0, 0.1) is 0 Å². The molecule has 2 aromatic rings. The van der Waals surface area contributed by atoms with Crippen LogP contribution < -0.4 is 0 Å². The van der Waals surface area contributed by atoms with Crippen LogP contribution in [0.25, 0.3) is 11.0 Å². The SMILES string of the molecule is c1ccc2[nH][11cH]nc2c1. The Hall–Kier alpha value is -1.31. The molecule has 2 nitrogen and oxygen atoms in total. The van der Waals surface area contributed by atoms with Gasteiger partial charge in [0.25, 0.3) is 0 Å². The average molecular weight is 117 g/mol. The van der Waals surface area contributed by atoms with Crippen molar-refractivity contribution >= 4 is 11.0 Å². The standard InChI is InChI=1S/C7H6N2/c1-2-4-7-6(3-1)8-5-9-7/h1-5H,(H,8,9)/i5-1. The van der Waals surface area contributed by atoms with Gasteiger partial charge in [-0.05, 0) is 12.1 Å². The zero-order valence-corrected chi connectivity index (χ0v) is 4.83. The molecule has 0 atom stereocenters. The van der Waals surface area contributed by atoms with Crippen LogP contribution in [-0.4, -0.2) is 9.97 Å². The highest BCUT2D eigenvalue weighted by atomic mass is 14.8. The lowest BCUT2D eigenvalue weighted by atomic mass is 10.3. The van der Waals surface area contributed by atoms with Gasteiger partial charge in [-0.25, -0.2) is 4.98 Å². The number of para-hydroxylation sites is 2. The van der Waals surface area contributed by atoms with Gasteiger partial charge in [-0.3, -0.25) is 0 Å². The summed E-state index contributed by atoms with van der Waals surface area (Å²) in [5, 5.41) is 0. The van der Waals surface area contributed by atoms with E-state index in [1.54, 1.807) is 6.33 Å². The van der Waals surface area contributed by atoms with Gasteiger partial charge < -0.3 is 4.98 Å².